The number of benzene rings is 2. The zero-order valence-corrected chi connectivity index (χ0v) is 11.9. The quantitative estimate of drug-likeness (QED) is 0.644. The second kappa shape index (κ2) is 5.93. The van der Waals surface area contributed by atoms with Gasteiger partial charge in [0, 0.05) is 15.6 Å². The van der Waals surface area contributed by atoms with Gasteiger partial charge in [-0.1, -0.05) is 22.0 Å². The summed E-state index contributed by atoms with van der Waals surface area (Å²) in [7, 11) is 1.48. The fourth-order valence-electron chi connectivity index (χ4n) is 1.98. The maximum Gasteiger partial charge on any atom is 0.194 e. The second-order valence-electron chi connectivity index (χ2n) is 4.15. The Hall–Kier alpha value is -1.40. The molecule has 0 aromatic heterocycles. The van der Waals surface area contributed by atoms with Crippen LogP contribution in [0.5, 0.6) is 0 Å². The highest BCUT2D eigenvalue weighted by atomic mass is 79.9. The zero-order valence-electron chi connectivity index (χ0n) is 10.4. The van der Waals surface area contributed by atoms with E-state index < -0.39 is 29.3 Å². The molecule has 0 amide bonds. The van der Waals surface area contributed by atoms with Gasteiger partial charge in [-0.2, -0.15) is 0 Å². The van der Waals surface area contributed by atoms with Gasteiger partial charge in [0.1, 0.15) is 5.82 Å². The summed E-state index contributed by atoms with van der Waals surface area (Å²) in [5, 5.41) is 2.70. The van der Waals surface area contributed by atoms with E-state index in [-0.39, 0.29) is 11.1 Å². The summed E-state index contributed by atoms with van der Waals surface area (Å²) < 4.78 is 54.5. The standard InChI is InChI=1S/C14H10BrF4N/c1-20-14(9-6-7(15)2-4-10(9)16)8-3-5-11(17)13(19)12(8)18/h2-6,14,20H,1H3. The van der Waals surface area contributed by atoms with E-state index in [0.717, 1.165) is 12.1 Å². The zero-order chi connectivity index (χ0) is 14.9. The number of hydrogen-bond donors (Lipinski definition) is 1. The maximum atomic E-state index is 13.9. The molecule has 1 nitrogen and oxygen atoms in total. The Labute approximate surface area is 121 Å². The number of halogens is 5. The summed E-state index contributed by atoms with van der Waals surface area (Å²) in [6, 6.07) is 5.14. The van der Waals surface area contributed by atoms with Crippen LogP contribution in [0.1, 0.15) is 17.2 Å². The molecule has 1 unspecified atom stereocenters. The Bertz CT molecular complexity index is 645. The van der Waals surface area contributed by atoms with Crippen molar-refractivity contribution < 1.29 is 17.6 Å². The highest BCUT2D eigenvalue weighted by molar-refractivity contribution is 9.10. The van der Waals surface area contributed by atoms with Crippen LogP contribution in [-0.2, 0) is 0 Å². The fourth-order valence-corrected chi connectivity index (χ4v) is 2.36. The van der Waals surface area contributed by atoms with Gasteiger partial charge in [0.25, 0.3) is 0 Å². The predicted molar refractivity (Wildman–Crippen MR) is 71.3 cm³/mol. The second-order valence-corrected chi connectivity index (χ2v) is 5.07. The Kier molecular flexibility index (Phi) is 4.45. The molecule has 0 saturated carbocycles. The molecular weight excluding hydrogens is 338 g/mol. The number of rotatable bonds is 3. The summed E-state index contributed by atoms with van der Waals surface area (Å²) >= 11 is 3.19. The van der Waals surface area contributed by atoms with E-state index in [4.69, 9.17) is 0 Å². The van der Waals surface area contributed by atoms with Crippen molar-refractivity contribution in [2.24, 2.45) is 0 Å². The SMILES string of the molecule is CNC(c1cc(Br)ccc1F)c1ccc(F)c(F)c1F. The Morgan fingerprint density at radius 1 is 0.900 bits per heavy atom. The largest absolute Gasteiger partial charge is 0.309 e. The molecule has 2 rings (SSSR count). The van der Waals surface area contributed by atoms with Gasteiger partial charge in [-0.3, -0.25) is 0 Å². The lowest BCUT2D eigenvalue weighted by atomic mass is 9.97. The molecule has 0 heterocycles. The molecule has 0 saturated heterocycles. The molecule has 0 spiro atoms. The molecular formula is C14H10BrF4N. The molecule has 0 aliphatic heterocycles. The monoisotopic (exact) mass is 347 g/mol. The van der Waals surface area contributed by atoms with Crippen LogP contribution in [0.3, 0.4) is 0 Å². The number of hydrogen-bond acceptors (Lipinski definition) is 1. The molecule has 6 heteroatoms. The molecule has 0 bridgehead atoms. The van der Waals surface area contributed by atoms with Gasteiger partial charge in [0.2, 0.25) is 0 Å². The molecule has 20 heavy (non-hydrogen) atoms. The van der Waals surface area contributed by atoms with Crippen molar-refractivity contribution >= 4 is 15.9 Å². The van der Waals surface area contributed by atoms with Crippen molar-refractivity contribution in [2.75, 3.05) is 7.05 Å². The average molecular weight is 348 g/mol. The van der Waals surface area contributed by atoms with E-state index in [1.807, 2.05) is 0 Å². The summed E-state index contributed by atoms with van der Waals surface area (Å²) in [6.07, 6.45) is 0. The van der Waals surface area contributed by atoms with Gasteiger partial charge in [-0.25, -0.2) is 17.6 Å². The Morgan fingerprint density at radius 3 is 2.20 bits per heavy atom. The van der Waals surface area contributed by atoms with Crippen molar-refractivity contribution in [1.29, 1.82) is 0 Å². The van der Waals surface area contributed by atoms with Crippen molar-refractivity contribution in [3.05, 3.63) is 69.2 Å². The third kappa shape index (κ3) is 2.71. The van der Waals surface area contributed by atoms with Crippen LogP contribution in [0.2, 0.25) is 0 Å². The lowest BCUT2D eigenvalue weighted by Crippen LogP contribution is -2.21. The third-order valence-corrected chi connectivity index (χ3v) is 3.43. The van der Waals surface area contributed by atoms with E-state index in [2.05, 4.69) is 21.2 Å². The fraction of sp³-hybridized carbons (Fsp3) is 0.143. The van der Waals surface area contributed by atoms with Crippen LogP contribution in [0, 0.1) is 23.3 Å². The third-order valence-electron chi connectivity index (χ3n) is 2.93. The van der Waals surface area contributed by atoms with Crippen LogP contribution in [0.25, 0.3) is 0 Å². The van der Waals surface area contributed by atoms with Gasteiger partial charge >= 0.3 is 0 Å². The average Bonchev–Trinajstić information content (AvgIpc) is 2.43. The van der Waals surface area contributed by atoms with Crippen molar-refractivity contribution in [1.82, 2.24) is 5.32 Å². The highest BCUT2D eigenvalue weighted by Gasteiger charge is 2.23. The molecule has 1 N–H and O–H groups in total. The first-order valence-corrected chi connectivity index (χ1v) is 6.50. The molecule has 0 aliphatic rings. The lowest BCUT2D eigenvalue weighted by Gasteiger charge is -2.19. The number of nitrogens with one attached hydrogen (secondary N) is 1. The molecule has 2 aromatic carbocycles. The Balaban J connectivity index is 2.58. The summed E-state index contributed by atoms with van der Waals surface area (Å²) in [6.45, 7) is 0. The van der Waals surface area contributed by atoms with E-state index in [9.17, 15) is 17.6 Å². The lowest BCUT2D eigenvalue weighted by molar-refractivity contribution is 0.433. The van der Waals surface area contributed by atoms with Gasteiger partial charge in [0.15, 0.2) is 17.5 Å². The first kappa shape index (κ1) is 15.0. The van der Waals surface area contributed by atoms with Gasteiger partial charge in [-0.05, 0) is 31.3 Å². The van der Waals surface area contributed by atoms with Crippen LogP contribution in [0.15, 0.2) is 34.8 Å². The van der Waals surface area contributed by atoms with Crippen LogP contribution in [0.4, 0.5) is 17.6 Å². The minimum absolute atomic E-state index is 0.131. The normalized spacial score (nSPS) is 12.5. The molecule has 0 aliphatic carbocycles. The van der Waals surface area contributed by atoms with E-state index in [0.29, 0.717) is 4.47 Å². The van der Waals surface area contributed by atoms with Crippen LogP contribution in [-0.4, -0.2) is 7.05 Å². The van der Waals surface area contributed by atoms with Crippen LogP contribution < -0.4 is 5.32 Å². The smallest absolute Gasteiger partial charge is 0.194 e. The maximum absolute atomic E-state index is 13.9. The summed E-state index contributed by atoms with van der Waals surface area (Å²) in [5.74, 6) is -4.76. The predicted octanol–water partition coefficient (Wildman–Crippen LogP) is 4.31. The van der Waals surface area contributed by atoms with Crippen molar-refractivity contribution in [3.8, 4) is 0 Å². The topological polar surface area (TPSA) is 12.0 Å². The molecule has 106 valence electrons. The molecule has 0 radical (unpaired) electrons. The van der Waals surface area contributed by atoms with Gasteiger partial charge in [0.05, 0.1) is 6.04 Å². The first-order chi connectivity index (χ1) is 9.45. The van der Waals surface area contributed by atoms with E-state index in [1.165, 1.54) is 25.2 Å². The summed E-state index contributed by atoms with van der Waals surface area (Å²) in [5.41, 5.74) is -0.0322. The first-order valence-electron chi connectivity index (χ1n) is 5.71. The Morgan fingerprint density at radius 2 is 1.55 bits per heavy atom. The van der Waals surface area contributed by atoms with Gasteiger partial charge < -0.3 is 5.32 Å². The molecule has 2 aromatic rings. The summed E-state index contributed by atoms with van der Waals surface area (Å²) in [4.78, 5) is 0. The molecule has 0 fully saturated rings. The molecule has 1 atom stereocenters. The minimum atomic E-state index is -1.57. The highest BCUT2D eigenvalue weighted by Crippen LogP contribution is 2.29. The van der Waals surface area contributed by atoms with Crippen molar-refractivity contribution in [2.45, 2.75) is 6.04 Å². The van der Waals surface area contributed by atoms with Crippen LogP contribution >= 0.6 is 15.9 Å². The van der Waals surface area contributed by atoms with Crippen molar-refractivity contribution in [3.63, 3.8) is 0 Å². The van der Waals surface area contributed by atoms with Gasteiger partial charge in [-0.15, -0.1) is 0 Å². The minimum Gasteiger partial charge on any atom is -0.309 e. The van der Waals surface area contributed by atoms with E-state index >= 15 is 0 Å². The van der Waals surface area contributed by atoms with E-state index in [1.54, 1.807) is 0 Å².